The minimum atomic E-state index is -0.250. The van der Waals surface area contributed by atoms with E-state index in [1.165, 1.54) is 12.4 Å². The van der Waals surface area contributed by atoms with Crippen LogP contribution >= 0.6 is 0 Å². The van der Waals surface area contributed by atoms with Crippen molar-refractivity contribution in [3.05, 3.63) is 85.3 Å². The number of rotatable bonds is 5. The first-order valence-corrected chi connectivity index (χ1v) is 11.4. The van der Waals surface area contributed by atoms with Crippen molar-refractivity contribution >= 4 is 34.3 Å². The summed E-state index contributed by atoms with van der Waals surface area (Å²) in [4.78, 5) is 26.4. The minimum absolute atomic E-state index is 0.114. The Morgan fingerprint density at radius 1 is 1.11 bits per heavy atom. The van der Waals surface area contributed by atoms with Crippen LogP contribution in [0.2, 0.25) is 0 Å². The molecule has 1 amide bonds. The first-order valence-electron chi connectivity index (χ1n) is 11.4. The van der Waals surface area contributed by atoms with Crippen LogP contribution in [0.4, 0.5) is 11.5 Å². The number of likely N-dealkylation sites (tertiary alicyclic amines) is 1. The number of aromatic amines is 1. The molecule has 174 valence electrons. The van der Waals surface area contributed by atoms with Gasteiger partial charge in [-0.15, -0.1) is 0 Å². The third-order valence-corrected chi connectivity index (χ3v) is 6.19. The topological polar surface area (TPSA) is 98.7 Å². The van der Waals surface area contributed by atoms with Crippen molar-refractivity contribution in [2.45, 2.75) is 19.0 Å². The number of nitrogens with zero attached hydrogens (tertiary/aromatic N) is 5. The molecule has 6 rings (SSSR count). The van der Waals surface area contributed by atoms with Gasteiger partial charge in [0.25, 0.3) is 0 Å². The molecule has 0 bridgehead atoms. The van der Waals surface area contributed by atoms with Gasteiger partial charge < -0.3 is 19.9 Å². The number of benzene rings is 2. The number of para-hydroxylation sites is 1. The van der Waals surface area contributed by atoms with Gasteiger partial charge in [0.2, 0.25) is 5.91 Å². The van der Waals surface area contributed by atoms with E-state index in [1.807, 2.05) is 65.8 Å². The van der Waals surface area contributed by atoms with Crippen LogP contribution in [0.1, 0.15) is 18.4 Å². The lowest BCUT2D eigenvalue weighted by Gasteiger charge is -2.34. The molecule has 35 heavy (non-hydrogen) atoms. The van der Waals surface area contributed by atoms with Gasteiger partial charge >= 0.3 is 0 Å². The van der Waals surface area contributed by atoms with Gasteiger partial charge in [0, 0.05) is 24.0 Å². The van der Waals surface area contributed by atoms with Gasteiger partial charge in [-0.1, -0.05) is 24.8 Å². The molecule has 2 aliphatic rings. The summed E-state index contributed by atoms with van der Waals surface area (Å²) in [6, 6.07) is 17.3. The zero-order valence-electron chi connectivity index (χ0n) is 18.9. The molecule has 0 radical (unpaired) electrons. The number of hydrazone groups is 1. The van der Waals surface area contributed by atoms with E-state index >= 15 is 0 Å². The number of carbonyl (C=O) groups is 1. The Hall–Kier alpha value is -4.66. The predicted octanol–water partition coefficient (Wildman–Crippen LogP) is 4.48. The highest BCUT2D eigenvalue weighted by Gasteiger charge is 2.37. The molecule has 0 aliphatic carbocycles. The summed E-state index contributed by atoms with van der Waals surface area (Å²) >= 11 is 0. The highest BCUT2D eigenvalue weighted by molar-refractivity contribution is 6.19. The number of ether oxygens (including phenoxy) is 1. The van der Waals surface area contributed by atoms with Gasteiger partial charge in [-0.05, 0) is 55.3 Å². The quantitative estimate of drug-likeness (QED) is 0.422. The summed E-state index contributed by atoms with van der Waals surface area (Å²) in [5.74, 6) is 2.73. The highest BCUT2D eigenvalue weighted by atomic mass is 16.5. The van der Waals surface area contributed by atoms with Gasteiger partial charge in [-0.3, -0.25) is 4.79 Å². The van der Waals surface area contributed by atoms with E-state index in [0.717, 1.165) is 46.6 Å². The molecular weight excluding hydrogens is 442 g/mol. The van der Waals surface area contributed by atoms with Crippen LogP contribution in [-0.4, -0.2) is 44.3 Å². The maximum absolute atomic E-state index is 12.5. The van der Waals surface area contributed by atoms with E-state index in [9.17, 15) is 4.79 Å². The lowest BCUT2D eigenvalue weighted by atomic mass is 10.1. The normalized spacial score (nSPS) is 16.8. The summed E-state index contributed by atoms with van der Waals surface area (Å²) in [6.07, 6.45) is 6.16. The second-order valence-electron chi connectivity index (χ2n) is 8.34. The van der Waals surface area contributed by atoms with E-state index in [2.05, 4.69) is 26.8 Å². The molecule has 2 aromatic carbocycles. The van der Waals surface area contributed by atoms with Crippen molar-refractivity contribution in [1.82, 2.24) is 19.9 Å². The number of carbonyl (C=O) groups excluding carboxylic acids is 1. The lowest BCUT2D eigenvalue weighted by Crippen LogP contribution is -2.46. The fourth-order valence-corrected chi connectivity index (χ4v) is 4.56. The Bertz CT molecular complexity index is 1430. The van der Waals surface area contributed by atoms with Crippen molar-refractivity contribution in [1.29, 1.82) is 0 Å². The van der Waals surface area contributed by atoms with Crippen LogP contribution in [0.25, 0.3) is 11.0 Å². The molecule has 2 aliphatic heterocycles. The van der Waals surface area contributed by atoms with Crippen LogP contribution in [0, 0.1) is 0 Å². The van der Waals surface area contributed by atoms with Crippen LogP contribution in [-0.2, 0) is 4.79 Å². The van der Waals surface area contributed by atoms with Crippen molar-refractivity contribution < 1.29 is 9.53 Å². The van der Waals surface area contributed by atoms with E-state index in [-0.39, 0.29) is 12.1 Å². The molecule has 2 N–H and O–H groups in total. The van der Waals surface area contributed by atoms with Crippen LogP contribution < -0.4 is 15.1 Å². The molecule has 1 atom stereocenters. The summed E-state index contributed by atoms with van der Waals surface area (Å²) in [5.41, 5.74) is 2.44. The Balaban J connectivity index is 1.32. The van der Waals surface area contributed by atoms with Crippen LogP contribution in [0.3, 0.4) is 0 Å². The van der Waals surface area contributed by atoms with Gasteiger partial charge in [0.15, 0.2) is 11.7 Å². The molecule has 1 saturated heterocycles. The molecule has 0 spiro atoms. The average molecular weight is 466 g/mol. The molecule has 9 heteroatoms. The molecule has 9 nitrogen and oxygen atoms in total. The number of aromatic nitrogens is 3. The summed E-state index contributed by atoms with van der Waals surface area (Å²) in [5, 5.41) is 11.0. The molecule has 2 aromatic heterocycles. The standard InChI is InChI=1S/C26H23N7O2/c1-2-22(34)32-14-6-9-21(32)33-26-23-20(15-27-25(23)28-16-29-26)24(31-33)30-17-10-12-19(13-11-17)35-18-7-4-3-5-8-18/h2-5,7-8,10-13,15-16,21H,1,6,9,14H2,(H,30,31)(H,27,28,29). The number of nitrogens with one attached hydrogen (secondary N) is 2. The highest BCUT2D eigenvalue weighted by Crippen LogP contribution is 2.36. The first-order chi connectivity index (χ1) is 17.2. The molecule has 0 saturated carbocycles. The van der Waals surface area contributed by atoms with Crippen molar-refractivity contribution in [3.8, 4) is 11.5 Å². The zero-order chi connectivity index (χ0) is 23.8. The number of anilines is 2. The van der Waals surface area contributed by atoms with Gasteiger partial charge in [0.05, 0.1) is 5.39 Å². The van der Waals surface area contributed by atoms with E-state index in [4.69, 9.17) is 9.84 Å². The Morgan fingerprint density at radius 2 is 1.91 bits per heavy atom. The third-order valence-electron chi connectivity index (χ3n) is 6.19. The molecule has 4 heterocycles. The van der Waals surface area contributed by atoms with Crippen molar-refractivity contribution in [3.63, 3.8) is 0 Å². The smallest absolute Gasteiger partial charge is 0.247 e. The lowest BCUT2D eigenvalue weighted by molar-refractivity contribution is -0.126. The second-order valence-corrected chi connectivity index (χ2v) is 8.34. The van der Waals surface area contributed by atoms with Crippen LogP contribution in [0.5, 0.6) is 11.5 Å². The summed E-state index contributed by atoms with van der Waals surface area (Å²) in [7, 11) is 0. The summed E-state index contributed by atoms with van der Waals surface area (Å²) in [6.45, 7) is 4.31. The van der Waals surface area contributed by atoms with E-state index in [1.54, 1.807) is 4.90 Å². The fraction of sp³-hybridized carbons (Fsp3) is 0.154. The first kappa shape index (κ1) is 20.9. The maximum Gasteiger partial charge on any atom is 0.247 e. The van der Waals surface area contributed by atoms with E-state index < -0.39 is 0 Å². The average Bonchev–Trinajstić information content (AvgIpc) is 3.56. The Labute approximate surface area is 201 Å². The largest absolute Gasteiger partial charge is 0.457 e. The molecule has 1 fully saturated rings. The molecule has 4 aromatic rings. The molecule has 1 unspecified atom stereocenters. The number of hydrogen-bond donors (Lipinski definition) is 2. The van der Waals surface area contributed by atoms with Crippen molar-refractivity contribution in [2.75, 3.05) is 16.9 Å². The SMILES string of the molecule is C=CC(=O)N1CCCC1N1N=C(Nc2ccc(Oc3ccccc3)cc2)c2c[nH]c3ncnc1c23. The Kier molecular flexibility index (Phi) is 5.14. The molecular formula is C26H23N7O2. The predicted molar refractivity (Wildman–Crippen MR) is 134 cm³/mol. The van der Waals surface area contributed by atoms with Crippen molar-refractivity contribution in [2.24, 2.45) is 5.10 Å². The summed E-state index contributed by atoms with van der Waals surface area (Å²) < 4.78 is 5.90. The second kappa shape index (κ2) is 8.60. The number of H-pyrrole nitrogens is 1. The number of amides is 1. The number of amidine groups is 1. The minimum Gasteiger partial charge on any atom is -0.457 e. The number of hydrogen-bond acceptors (Lipinski definition) is 7. The zero-order valence-corrected chi connectivity index (χ0v) is 18.9. The monoisotopic (exact) mass is 465 g/mol. The van der Waals surface area contributed by atoms with E-state index in [0.29, 0.717) is 18.2 Å². The van der Waals surface area contributed by atoms with Crippen LogP contribution in [0.15, 0.2) is 84.9 Å². The van der Waals surface area contributed by atoms with Gasteiger partial charge in [0.1, 0.15) is 29.6 Å². The maximum atomic E-state index is 12.5. The van der Waals surface area contributed by atoms with Gasteiger partial charge in [-0.2, -0.15) is 5.10 Å². The Morgan fingerprint density at radius 3 is 2.71 bits per heavy atom. The third kappa shape index (κ3) is 3.76. The van der Waals surface area contributed by atoms with Gasteiger partial charge in [-0.25, -0.2) is 15.0 Å². The fourth-order valence-electron chi connectivity index (χ4n) is 4.56.